The summed E-state index contributed by atoms with van der Waals surface area (Å²) in [4.78, 5) is 30.7. The normalized spacial score (nSPS) is 11.7. The topological polar surface area (TPSA) is 138 Å². The molecule has 0 aliphatic carbocycles. The Morgan fingerprint density at radius 3 is 2.79 bits per heavy atom. The first-order chi connectivity index (χ1) is 13.5. The predicted molar refractivity (Wildman–Crippen MR) is 100 cm³/mol. The Kier molecular flexibility index (Phi) is 5.75. The first kappa shape index (κ1) is 19.2. The number of rotatable bonds is 7. The van der Waals surface area contributed by atoms with Crippen LogP contribution in [0.25, 0.3) is 11.3 Å². The van der Waals surface area contributed by atoms with E-state index in [0.717, 1.165) is 6.20 Å². The molecule has 4 N–H and O–H groups in total. The molecule has 10 nitrogen and oxygen atoms in total. The molecular formula is C17H18FN7O3. The van der Waals surface area contributed by atoms with Crippen molar-refractivity contribution < 1.29 is 14.2 Å². The summed E-state index contributed by atoms with van der Waals surface area (Å²) < 4.78 is 19.0. The summed E-state index contributed by atoms with van der Waals surface area (Å²) >= 11 is 0. The van der Waals surface area contributed by atoms with E-state index >= 15 is 0 Å². The van der Waals surface area contributed by atoms with Gasteiger partial charge in [0.15, 0.2) is 11.6 Å². The zero-order valence-corrected chi connectivity index (χ0v) is 15.1. The summed E-state index contributed by atoms with van der Waals surface area (Å²) in [6, 6.07) is 1.50. The van der Waals surface area contributed by atoms with Gasteiger partial charge in [0, 0.05) is 18.3 Å². The van der Waals surface area contributed by atoms with E-state index in [0.29, 0.717) is 17.1 Å². The molecule has 11 heteroatoms. The quantitative estimate of drug-likeness (QED) is 0.472. The Bertz CT molecular complexity index is 1010. The smallest absolute Gasteiger partial charge is 0.271 e. The SMILES string of the molecule is COc1cnc(-c2c[nH]c(=O)c(Nc3nc(NC[C@@H](C)O)ncc3F)c2)cn1. The number of aromatic amines is 1. The maximum Gasteiger partial charge on any atom is 0.271 e. The molecule has 0 aliphatic heterocycles. The number of ether oxygens (including phenoxy) is 1. The van der Waals surface area contributed by atoms with Gasteiger partial charge in [0.25, 0.3) is 5.56 Å². The number of pyridine rings is 1. The molecule has 0 aliphatic rings. The molecule has 0 aromatic carbocycles. The third-order valence-electron chi connectivity index (χ3n) is 3.59. The number of halogens is 1. The van der Waals surface area contributed by atoms with Crippen LogP contribution < -0.4 is 20.9 Å². The number of hydrogen-bond acceptors (Lipinski definition) is 9. The van der Waals surface area contributed by atoms with Gasteiger partial charge in [-0.2, -0.15) is 4.98 Å². The molecule has 0 saturated carbocycles. The lowest BCUT2D eigenvalue weighted by molar-refractivity contribution is 0.208. The predicted octanol–water partition coefficient (Wildman–Crippen LogP) is 1.31. The molecule has 0 bridgehead atoms. The standard InChI is InChI=1S/C17H18FN7O3/c1-9(26)4-22-17-23-6-11(18)15(25-17)24-12-3-10(5-21-16(12)27)13-7-20-14(28-2)8-19-13/h3,5-9,26H,4H2,1-2H3,(H,21,27)(H2,22,23,24,25)/t9-/m1/s1. The average Bonchev–Trinajstić information content (AvgIpc) is 2.70. The molecule has 0 unspecified atom stereocenters. The summed E-state index contributed by atoms with van der Waals surface area (Å²) in [7, 11) is 1.48. The second-order valence-corrected chi connectivity index (χ2v) is 5.82. The van der Waals surface area contributed by atoms with Crippen LogP contribution in [0.4, 0.5) is 21.8 Å². The van der Waals surface area contributed by atoms with Crippen LogP contribution in [0.3, 0.4) is 0 Å². The van der Waals surface area contributed by atoms with E-state index in [-0.39, 0.29) is 24.0 Å². The largest absolute Gasteiger partial charge is 0.480 e. The van der Waals surface area contributed by atoms with E-state index in [9.17, 15) is 14.3 Å². The number of anilines is 3. The number of aliphatic hydroxyl groups is 1. The van der Waals surface area contributed by atoms with Gasteiger partial charge in [0.05, 0.1) is 37.5 Å². The number of aliphatic hydroxyl groups excluding tert-OH is 1. The molecule has 0 amide bonds. The van der Waals surface area contributed by atoms with Crippen molar-refractivity contribution in [3.63, 3.8) is 0 Å². The van der Waals surface area contributed by atoms with E-state index in [1.165, 1.54) is 31.8 Å². The number of nitrogens with one attached hydrogen (secondary N) is 3. The maximum atomic E-state index is 14.1. The van der Waals surface area contributed by atoms with Crippen molar-refractivity contribution in [3.05, 3.63) is 47.0 Å². The Morgan fingerprint density at radius 1 is 1.29 bits per heavy atom. The zero-order valence-electron chi connectivity index (χ0n) is 15.1. The monoisotopic (exact) mass is 387 g/mol. The van der Waals surface area contributed by atoms with Crippen molar-refractivity contribution in [3.8, 4) is 17.1 Å². The minimum absolute atomic E-state index is 0.0641. The molecule has 146 valence electrons. The van der Waals surface area contributed by atoms with Crippen LogP contribution >= 0.6 is 0 Å². The maximum absolute atomic E-state index is 14.1. The van der Waals surface area contributed by atoms with E-state index in [1.54, 1.807) is 6.92 Å². The lowest BCUT2D eigenvalue weighted by Gasteiger charge is -2.10. The fraction of sp³-hybridized carbons (Fsp3) is 0.235. The Morgan fingerprint density at radius 2 is 2.11 bits per heavy atom. The molecular weight excluding hydrogens is 369 g/mol. The Hall–Kier alpha value is -3.60. The van der Waals surface area contributed by atoms with Gasteiger partial charge in [-0.15, -0.1) is 0 Å². The molecule has 3 heterocycles. The lowest BCUT2D eigenvalue weighted by atomic mass is 10.2. The first-order valence-corrected chi connectivity index (χ1v) is 8.27. The molecule has 0 radical (unpaired) electrons. The summed E-state index contributed by atoms with van der Waals surface area (Å²) in [5, 5.41) is 14.7. The van der Waals surface area contributed by atoms with Crippen molar-refractivity contribution in [1.82, 2.24) is 24.9 Å². The molecule has 1 atom stereocenters. The van der Waals surface area contributed by atoms with Crippen LogP contribution in [-0.2, 0) is 0 Å². The summed E-state index contributed by atoms with van der Waals surface area (Å²) in [5.41, 5.74) is 0.637. The minimum Gasteiger partial charge on any atom is -0.480 e. The fourth-order valence-electron chi connectivity index (χ4n) is 2.20. The summed E-state index contributed by atoms with van der Waals surface area (Å²) in [6.07, 6.45) is 4.73. The number of nitrogens with zero attached hydrogens (tertiary/aromatic N) is 4. The number of aromatic nitrogens is 5. The van der Waals surface area contributed by atoms with Gasteiger partial charge in [-0.25, -0.2) is 19.3 Å². The second kappa shape index (κ2) is 8.39. The van der Waals surface area contributed by atoms with Crippen molar-refractivity contribution in [2.75, 3.05) is 24.3 Å². The number of methoxy groups -OCH3 is 1. The zero-order chi connectivity index (χ0) is 20.1. The van der Waals surface area contributed by atoms with Gasteiger partial charge in [-0.1, -0.05) is 0 Å². The van der Waals surface area contributed by atoms with Crippen LogP contribution in [0, 0.1) is 5.82 Å². The minimum atomic E-state index is -0.739. The van der Waals surface area contributed by atoms with Crippen LogP contribution in [-0.4, -0.2) is 49.8 Å². The third-order valence-corrected chi connectivity index (χ3v) is 3.59. The van der Waals surface area contributed by atoms with E-state index in [4.69, 9.17) is 4.74 Å². The molecule has 3 aromatic rings. The summed E-state index contributed by atoms with van der Waals surface area (Å²) in [6.45, 7) is 1.78. The van der Waals surface area contributed by atoms with Crippen molar-refractivity contribution in [2.24, 2.45) is 0 Å². The highest BCUT2D eigenvalue weighted by atomic mass is 19.1. The van der Waals surface area contributed by atoms with Gasteiger partial charge in [-0.05, 0) is 13.0 Å². The van der Waals surface area contributed by atoms with Crippen LogP contribution in [0.2, 0.25) is 0 Å². The van der Waals surface area contributed by atoms with Crippen LogP contribution in [0.15, 0.2) is 35.6 Å². The van der Waals surface area contributed by atoms with E-state index in [2.05, 4.69) is 35.6 Å². The third kappa shape index (κ3) is 4.57. The average molecular weight is 387 g/mol. The molecule has 0 fully saturated rings. The van der Waals surface area contributed by atoms with E-state index < -0.39 is 17.5 Å². The Balaban J connectivity index is 1.87. The highest BCUT2D eigenvalue weighted by molar-refractivity contribution is 5.66. The van der Waals surface area contributed by atoms with Gasteiger partial charge in [0.2, 0.25) is 11.8 Å². The number of H-pyrrole nitrogens is 1. The first-order valence-electron chi connectivity index (χ1n) is 8.27. The Labute approximate surface area is 158 Å². The molecule has 3 rings (SSSR count). The summed E-state index contributed by atoms with van der Waals surface area (Å²) in [5.74, 6) is -0.464. The van der Waals surface area contributed by atoms with Crippen LogP contribution in [0.1, 0.15) is 6.92 Å². The lowest BCUT2D eigenvalue weighted by Crippen LogP contribution is -2.18. The van der Waals surface area contributed by atoms with Gasteiger partial charge >= 0.3 is 0 Å². The fourth-order valence-corrected chi connectivity index (χ4v) is 2.20. The molecule has 28 heavy (non-hydrogen) atoms. The van der Waals surface area contributed by atoms with Gasteiger partial charge in [0.1, 0.15) is 5.69 Å². The highest BCUT2D eigenvalue weighted by Crippen LogP contribution is 2.21. The van der Waals surface area contributed by atoms with Crippen molar-refractivity contribution in [2.45, 2.75) is 13.0 Å². The van der Waals surface area contributed by atoms with Gasteiger partial charge in [-0.3, -0.25) is 4.79 Å². The molecule has 3 aromatic heterocycles. The van der Waals surface area contributed by atoms with Crippen molar-refractivity contribution >= 4 is 17.5 Å². The molecule has 0 saturated heterocycles. The molecule has 0 spiro atoms. The second-order valence-electron chi connectivity index (χ2n) is 5.82. The number of hydrogen-bond donors (Lipinski definition) is 4. The van der Waals surface area contributed by atoms with Gasteiger partial charge < -0.3 is 25.5 Å². The van der Waals surface area contributed by atoms with Crippen molar-refractivity contribution in [1.29, 1.82) is 0 Å². The highest BCUT2D eigenvalue weighted by Gasteiger charge is 2.12. The van der Waals surface area contributed by atoms with E-state index in [1.807, 2.05) is 0 Å². The van der Waals surface area contributed by atoms with Crippen LogP contribution in [0.5, 0.6) is 5.88 Å².